The normalized spacial score (nSPS) is 13.0. The van der Waals surface area contributed by atoms with Crippen molar-refractivity contribution in [3.05, 3.63) is 16.6 Å². The maximum absolute atomic E-state index is 8.60. The van der Waals surface area contributed by atoms with Crippen LogP contribution in [0.25, 0.3) is 0 Å². The van der Waals surface area contributed by atoms with E-state index in [-0.39, 0.29) is 0 Å². The molecule has 0 saturated heterocycles. The summed E-state index contributed by atoms with van der Waals surface area (Å²) in [6.07, 6.45) is 4.96. The second-order valence-corrected chi connectivity index (χ2v) is 4.26. The Hall–Kier alpha value is -0.450. The zero-order valence-corrected chi connectivity index (χ0v) is 9.39. The molecule has 1 rings (SSSR count). The molecule has 14 heavy (non-hydrogen) atoms. The summed E-state index contributed by atoms with van der Waals surface area (Å²) in [6.45, 7) is 3.44. The number of nitrogens with zero attached hydrogens (tertiary/aromatic N) is 1. The van der Waals surface area contributed by atoms with Crippen molar-refractivity contribution in [1.82, 2.24) is 10.3 Å². The van der Waals surface area contributed by atoms with Crippen LogP contribution in [-0.4, -0.2) is 23.2 Å². The second kappa shape index (κ2) is 6.92. The summed E-state index contributed by atoms with van der Waals surface area (Å²) in [5, 5.41) is 15.2. The quantitative estimate of drug-likeness (QED) is 0.682. The van der Waals surface area contributed by atoms with E-state index in [1.165, 1.54) is 0 Å². The summed E-state index contributed by atoms with van der Waals surface area (Å²) in [5.41, 5.74) is 0. The van der Waals surface area contributed by atoms with Gasteiger partial charge < -0.3 is 10.4 Å². The van der Waals surface area contributed by atoms with Gasteiger partial charge in [-0.1, -0.05) is 0 Å². The molecule has 0 radical (unpaired) electrons. The Balaban J connectivity index is 2.07. The molecule has 0 fully saturated rings. The minimum absolute atomic E-state index is 0.308. The van der Waals surface area contributed by atoms with Crippen molar-refractivity contribution >= 4 is 11.3 Å². The largest absolute Gasteiger partial charge is 0.396 e. The number of thiazole rings is 1. The molecule has 4 heteroatoms. The van der Waals surface area contributed by atoms with Crippen molar-refractivity contribution in [2.24, 2.45) is 0 Å². The van der Waals surface area contributed by atoms with Crippen LogP contribution in [0.3, 0.4) is 0 Å². The standard InChI is InChI=1S/C10H18N2OS/c1-9(10-12-6-8-14-10)11-5-3-2-4-7-13/h6,8-9,11,13H,2-5,7H2,1H3. The van der Waals surface area contributed by atoms with E-state index in [4.69, 9.17) is 5.11 Å². The molecule has 2 N–H and O–H groups in total. The molecule has 0 spiro atoms. The number of aliphatic hydroxyl groups excluding tert-OH is 1. The predicted molar refractivity (Wildman–Crippen MR) is 59.5 cm³/mol. The number of hydrogen-bond acceptors (Lipinski definition) is 4. The van der Waals surface area contributed by atoms with Crippen LogP contribution in [0.5, 0.6) is 0 Å². The number of rotatable bonds is 7. The highest BCUT2D eigenvalue weighted by Crippen LogP contribution is 2.14. The zero-order valence-electron chi connectivity index (χ0n) is 8.57. The maximum atomic E-state index is 8.60. The summed E-state index contributed by atoms with van der Waals surface area (Å²) >= 11 is 1.69. The molecule has 3 nitrogen and oxygen atoms in total. The van der Waals surface area contributed by atoms with E-state index in [9.17, 15) is 0 Å². The third-order valence-electron chi connectivity index (χ3n) is 2.11. The fraction of sp³-hybridized carbons (Fsp3) is 0.700. The fourth-order valence-corrected chi connectivity index (χ4v) is 1.94. The third-order valence-corrected chi connectivity index (χ3v) is 3.07. The summed E-state index contributed by atoms with van der Waals surface area (Å²) in [5.74, 6) is 0. The average Bonchev–Trinajstić information content (AvgIpc) is 2.70. The van der Waals surface area contributed by atoms with Crippen molar-refractivity contribution < 1.29 is 5.11 Å². The molecule has 0 saturated carbocycles. The molecular weight excluding hydrogens is 196 g/mol. The van der Waals surface area contributed by atoms with Crippen LogP contribution in [0.4, 0.5) is 0 Å². The van der Waals surface area contributed by atoms with Gasteiger partial charge >= 0.3 is 0 Å². The van der Waals surface area contributed by atoms with E-state index in [2.05, 4.69) is 17.2 Å². The molecule has 1 atom stereocenters. The van der Waals surface area contributed by atoms with Gasteiger partial charge in [0.15, 0.2) is 0 Å². The van der Waals surface area contributed by atoms with Gasteiger partial charge in [-0.3, -0.25) is 0 Å². The van der Waals surface area contributed by atoms with Gasteiger partial charge in [0.25, 0.3) is 0 Å². The summed E-state index contributed by atoms with van der Waals surface area (Å²) in [4.78, 5) is 4.25. The van der Waals surface area contributed by atoms with Crippen molar-refractivity contribution in [3.63, 3.8) is 0 Å². The lowest BCUT2D eigenvalue weighted by molar-refractivity contribution is 0.282. The van der Waals surface area contributed by atoms with Crippen LogP contribution in [0.1, 0.15) is 37.2 Å². The van der Waals surface area contributed by atoms with Crippen molar-refractivity contribution in [2.45, 2.75) is 32.2 Å². The third kappa shape index (κ3) is 4.17. The van der Waals surface area contributed by atoms with E-state index in [0.29, 0.717) is 12.6 Å². The van der Waals surface area contributed by atoms with E-state index >= 15 is 0 Å². The first-order valence-corrected chi connectivity index (χ1v) is 5.96. The van der Waals surface area contributed by atoms with E-state index in [1.54, 1.807) is 11.3 Å². The monoisotopic (exact) mass is 214 g/mol. The lowest BCUT2D eigenvalue weighted by Gasteiger charge is -2.10. The second-order valence-electron chi connectivity index (χ2n) is 3.33. The van der Waals surface area contributed by atoms with Crippen LogP contribution >= 0.6 is 11.3 Å². The van der Waals surface area contributed by atoms with Crippen LogP contribution in [-0.2, 0) is 0 Å². The van der Waals surface area contributed by atoms with Crippen LogP contribution in [0.2, 0.25) is 0 Å². The van der Waals surface area contributed by atoms with Gasteiger partial charge in [-0.05, 0) is 32.7 Å². The number of aromatic nitrogens is 1. The first-order valence-electron chi connectivity index (χ1n) is 5.08. The molecule has 0 amide bonds. The van der Waals surface area contributed by atoms with E-state index < -0.39 is 0 Å². The van der Waals surface area contributed by atoms with Gasteiger partial charge in [0.1, 0.15) is 5.01 Å². The molecule has 0 aromatic carbocycles. The Morgan fingerprint density at radius 1 is 1.50 bits per heavy atom. The highest BCUT2D eigenvalue weighted by atomic mass is 32.1. The molecule has 0 bridgehead atoms. The predicted octanol–water partition coefficient (Wildman–Crippen LogP) is 1.96. The molecule has 1 unspecified atom stereocenters. The molecule has 1 aromatic heterocycles. The molecule has 0 aliphatic heterocycles. The minimum Gasteiger partial charge on any atom is -0.396 e. The minimum atomic E-state index is 0.308. The van der Waals surface area contributed by atoms with Gasteiger partial charge in [-0.2, -0.15) is 0 Å². The number of aliphatic hydroxyl groups is 1. The SMILES string of the molecule is CC(NCCCCCO)c1nccs1. The molecule has 0 aliphatic rings. The fourth-order valence-electron chi connectivity index (χ4n) is 1.27. The van der Waals surface area contributed by atoms with Crippen LogP contribution in [0.15, 0.2) is 11.6 Å². The molecule has 1 aromatic rings. The van der Waals surface area contributed by atoms with Gasteiger partial charge in [-0.25, -0.2) is 4.98 Å². The Labute approximate surface area is 89.2 Å². The summed E-state index contributed by atoms with van der Waals surface area (Å²) in [7, 11) is 0. The van der Waals surface area contributed by atoms with Crippen LogP contribution in [0, 0.1) is 0 Å². The molecule has 80 valence electrons. The van der Waals surface area contributed by atoms with Gasteiger partial charge in [0.2, 0.25) is 0 Å². The van der Waals surface area contributed by atoms with Crippen molar-refractivity contribution in [1.29, 1.82) is 0 Å². The van der Waals surface area contributed by atoms with Gasteiger partial charge in [0.05, 0.1) is 6.04 Å². The lowest BCUT2D eigenvalue weighted by atomic mass is 10.2. The Morgan fingerprint density at radius 3 is 3.00 bits per heavy atom. The summed E-state index contributed by atoms with van der Waals surface area (Å²) < 4.78 is 0. The Kier molecular flexibility index (Phi) is 5.75. The topological polar surface area (TPSA) is 45.1 Å². The average molecular weight is 214 g/mol. The lowest BCUT2D eigenvalue weighted by Crippen LogP contribution is -2.19. The first-order chi connectivity index (χ1) is 6.84. The molecular formula is C10H18N2OS. The molecule has 1 heterocycles. The maximum Gasteiger partial charge on any atom is 0.109 e. The highest BCUT2D eigenvalue weighted by Gasteiger charge is 2.05. The van der Waals surface area contributed by atoms with Gasteiger partial charge in [0, 0.05) is 18.2 Å². The first kappa shape index (κ1) is 11.6. The smallest absolute Gasteiger partial charge is 0.109 e. The van der Waals surface area contributed by atoms with Gasteiger partial charge in [-0.15, -0.1) is 11.3 Å². The zero-order chi connectivity index (χ0) is 10.2. The number of unbranched alkanes of at least 4 members (excludes halogenated alkanes) is 2. The Morgan fingerprint density at radius 2 is 2.36 bits per heavy atom. The highest BCUT2D eigenvalue weighted by molar-refractivity contribution is 7.09. The summed E-state index contributed by atoms with van der Waals surface area (Å²) in [6, 6.07) is 0.351. The molecule has 0 aliphatic carbocycles. The number of hydrogen-bond donors (Lipinski definition) is 2. The van der Waals surface area contributed by atoms with Crippen LogP contribution < -0.4 is 5.32 Å². The van der Waals surface area contributed by atoms with E-state index in [0.717, 1.165) is 30.8 Å². The number of nitrogens with one attached hydrogen (secondary N) is 1. The van der Waals surface area contributed by atoms with E-state index in [1.807, 2.05) is 11.6 Å². The van der Waals surface area contributed by atoms with Crippen molar-refractivity contribution in [2.75, 3.05) is 13.2 Å². The Bertz CT molecular complexity index is 226. The van der Waals surface area contributed by atoms with Crippen molar-refractivity contribution in [3.8, 4) is 0 Å².